The van der Waals surface area contributed by atoms with Crippen molar-refractivity contribution in [3.05, 3.63) is 40.8 Å². The highest BCUT2D eigenvalue weighted by atomic mass is 127. The monoisotopic (exact) mass is 569 g/mol. The molecule has 0 radical (unpaired) electrons. The molecule has 0 unspecified atom stereocenters. The number of piperazine rings is 1. The molecule has 1 aliphatic heterocycles. The first-order valence-corrected chi connectivity index (χ1v) is 12.4. The van der Waals surface area contributed by atoms with Crippen LogP contribution in [0.4, 0.5) is 5.95 Å². The highest BCUT2D eigenvalue weighted by Crippen LogP contribution is 2.41. The summed E-state index contributed by atoms with van der Waals surface area (Å²) in [5, 5.41) is 9.37. The molecule has 32 heavy (non-hydrogen) atoms. The zero-order valence-electron chi connectivity index (χ0n) is 19.0. The van der Waals surface area contributed by atoms with Crippen molar-refractivity contribution in [2.45, 2.75) is 37.5 Å². The van der Waals surface area contributed by atoms with Gasteiger partial charge in [-0.05, 0) is 30.4 Å². The summed E-state index contributed by atoms with van der Waals surface area (Å²) in [5.41, 5.74) is 0.264. The second kappa shape index (κ2) is 12.7. The number of nitrogens with zero attached hydrogens (tertiary/aromatic N) is 5. The molecule has 2 fully saturated rings. The van der Waals surface area contributed by atoms with Crippen molar-refractivity contribution in [2.75, 3.05) is 57.8 Å². The molecule has 3 heterocycles. The van der Waals surface area contributed by atoms with E-state index >= 15 is 0 Å². The van der Waals surface area contributed by atoms with E-state index < -0.39 is 0 Å². The molecule has 1 aliphatic carbocycles. The van der Waals surface area contributed by atoms with Crippen LogP contribution < -0.4 is 15.5 Å². The second-order valence-electron chi connectivity index (χ2n) is 8.55. The van der Waals surface area contributed by atoms with Gasteiger partial charge in [-0.15, -0.1) is 35.3 Å². The third kappa shape index (κ3) is 6.54. The minimum atomic E-state index is 0. The molecule has 7 nitrogen and oxygen atoms in total. The number of guanidine groups is 1. The van der Waals surface area contributed by atoms with Gasteiger partial charge >= 0.3 is 0 Å². The van der Waals surface area contributed by atoms with Crippen LogP contribution in [0, 0.1) is 0 Å². The Kier molecular flexibility index (Phi) is 9.98. The maximum atomic E-state index is 4.47. The lowest BCUT2D eigenvalue weighted by atomic mass is 9.73. The molecule has 9 heteroatoms. The van der Waals surface area contributed by atoms with Gasteiger partial charge in [0.15, 0.2) is 5.96 Å². The van der Waals surface area contributed by atoms with Crippen LogP contribution in [0.15, 0.2) is 41.0 Å². The van der Waals surface area contributed by atoms with Crippen molar-refractivity contribution in [3.8, 4) is 0 Å². The van der Waals surface area contributed by atoms with E-state index in [2.05, 4.69) is 52.9 Å². The van der Waals surface area contributed by atoms with Crippen molar-refractivity contribution >= 4 is 47.2 Å². The fraction of sp³-hybridized carbons (Fsp3) is 0.609. The summed E-state index contributed by atoms with van der Waals surface area (Å²) in [6, 6.07) is 6.37. The van der Waals surface area contributed by atoms with E-state index in [0.29, 0.717) is 0 Å². The molecule has 0 bridgehead atoms. The molecular formula is C23H36IN7S. The molecule has 2 aromatic heterocycles. The number of hydrogen-bond acceptors (Lipinski definition) is 6. The smallest absolute Gasteiger partial charge is 0.225 e. The topological polar surface area (TPSA) is 68.7 Å². The summed E-state index contributed by atoms with van der Waals surface area (Å²) < 4.78 is 0. The van der Waals surface area contributed by atoms with E-state index in [1.54, 1.807) is 0 Å². The quantitative estimate of drug-likeness (QED) is 0.303. The summed E-state index contributed by atoms with van der Waals surface area (Å²) >= 11 is 1.90. The largest absolute Gasteiger partial charge is 0.355 e. The SMILES string of the molecule is CN=C(NCCN1CCN(c2ncccn2)CC1)NCC1(c2cccs2)CCCCC1.I. The van der Waals surface area contributed by atoms with Gasteiger partial charge in [0.25, 0.3) is 0 Å². The molecule has 4 rings (SSSR count). The van der Waals surface area contributed by atoms with Gasteiger partial charge in [-0.3, -0.25) is 9.89 Å². The third-order valence-electron chi connectivity index (χ3n) is 6.60. The molecule has 176 valence electrons. The molecule has 2 N–H and O–H groups in total. The maximum Gasteiger partial charge on any atom is 0.225 e. The molecule has 2 aromatic rings. The van der Waals surface area contributed by atoms with Crippen molar-refractivity contribution in [1.82, 2.24) is 25.5 Å². The molecule has 1 saturated heterocycles. The highest BCUT2D eigenvalue weighted by molar-refractivity contribution is 14.0. The number of anilines is 1. The van der Waals surface area contributed by atoms with Gasteiger partial charge in [0, 0.05) is 75.5 Å². The molecule has 0 spiro atoms. The van der Waals surface area contributed by atoms with Gasteiger partial charge in [0.1, 0.15) is 0 Å². The van der Waals surface area contributed by atoms with Crippen molar-refractivity contribution < 1.29 is 0 Å². The first-order valence-electron chi connectivity index (χ1n) is 11.5. The minimum Gasteiger partial charge on any atom is -0.355 e. The van der Waals surface area contributed by atoms with Crippen LogP contribution in [-0.2, 0) is 5.41 Å². The predicted molar refractivity (Wildman–Crippen MR) is 145 cm³/mol. The fourth-order valence-electron chi connectivity index (χ4n) is 4.75. The number of halogens is 1. The number of aromatic nitrogens is 2. The first kappa shape index (κ1) is 25.2. The lowest BCUT2D eigenvalue weighted by Crippen LogP contribution is -2.50. The molecule has 1 saturated carbocycles. The molecular weight excluding hydrogens is 533 g/mol. The van der Waals surface area contributed by atoms with Crippen molar-refractivity contribution in [1.29, 1.82) is 0 Å². The Balaban J connectivity index is 0.00000289. The first-order chi connectivity index (χ1) is 15.3. The summed E-state index contributed by atoms with van der Waals surface area (Å²) in [5.74, 6) is 1.75. The molecule has 0 aromatic carbocycles. The average Bonchev–Trinajstić information content (AvgIpc) is 3.39. The Hall–Kier alpha value is -1.46. The highest BCUT2D eigenvalue weighted by Gasteiger charge is 2.34. The Morgan fingerprint density at radius 3 is 2.47 bits per heavy atom. The van der Waals surface area contributed by atoms with E-state index in [-0.39, 0.29) is 29.4 Å². The Bertz CT molecular complexity index is 801. The van der Waals surface area contributed by atoms with Crippen molar-refractivity contribution in [2.24, 2.45) is 4.99 Å². The number of aliphatic imine (C=N–C) groups is 1. The van der Waals surface area contributed by atoms with E-state index in [1.165, 1.54) is 37.0 Å². The van der Waals surface area contributed by atoms with Crippen LogP contribution in [0.3, 0.4) is 0 Å². The van der Waals surface area contributed by atoms with Crippen LogP contribution in [-0.4, -0.2) is 73.7 Å². The maximum absolute atomic E-state index is 4.47. The van der Waals surface area contributed by atoms with E-state index in [0.717, 1.165) is 57.7 Å². The summed E-state index contributed by atoms with van der Waals surface area (Å²) in [7, 11) is 1.87. The number of rotatable bonds is 7. The summed E-state index contributed by atoms with van der Waals surface area (Å²) in [6.45, 7) is 6.89. The van der Waals surface area contributed by atoms with Gasteiger partial charge in [-0.1, -0.05) is 25.3 Å². The van der Waals surface area contributed by atoms with Gasteiger partial charge in [0.2, 0.25) is 5.95 Å². The van der Waals surface area contributed by atoms with Crippen LogP contribution in [0.1, 0.15) is 37.0 Å². The Morgan fingerprint density at radius 1 is 1.06 bits per heavy atom. The normalized spacial score (nSPS) is 19.3. The van der Waals surface area contributed by atoms with E-state index in [1.807, 2.05) is 36.8 Å². The zero-order valence-corrected chi connectivity index (χ0v) is 22.1. The zero-order chi connectivity index (χ0) is 21.4. The molecule has 2 aliphatic rings. The van der Waals surface area contributed by atoms with E-state index in [4.69, 9.17) is 0 Å². The molecule has 0 atom stereocenters. The third-order valence-corrected chi connectivity index (χ3v) is 7.72. The predicted octanol–water partition coefficient (Wildman–Crippen LogP) is 3.35. The fourth-order valence-corrected chi connectivity index (χ4v) is 5.74. The van der Waals surface area contributed by atoms with Crippen molar-refractivity contribution in [3.63, 3.8) is 0 Å². The molecule has 0 amide bonds. The lowest BCUT2D eigenvalue weighted by molar-refractivity contribution is 0.260. The standard InChI is InChI=1S/C23H35N7S.HI/c1-24-21(28-19-23(8-3-2-4-9-23)20-7-5-18-31-20)25-12-13-29-14-16-30(17-15-29)22-26-10-6-11-27-22;/h5-7,10-11,18H,2-4,8-9,12-17,19H2,1H3,(H2,24,25,28);1H. The number of nitrogens with one attached hydrogen (secondary N) is 2. The van der Waals surface area contributed by atoms with Gasteiger partial charge in [0.05, 0.1) is 0 Å². The average molecular weight is 570 g/mol. The lowest BCUT2D eigenvalue weighted by Gasteiger charge is -2.37. The van der Waals surface area contributed by atoms with Crippen LogP contribution >= 0.6 is 35.3 Å². The van der Waals surface area contributed by atoms with Gasteiger partial charge in [-0.2, -0.15) is 0 Å². The summed E-state index contributed by atoms with van der Waals surface area (Å²) in [6.07, 6.45) is 10.2. The Labute approximate surface area is 213 Å². The van der Waals surface area contributed by atoms with Crippen LogP contribution in [0.5, 0.6) is 0 Å². The second-order valence-corrected chi connectivity index (χ2v) is 9.50. The summed E-state index contributed by atoms with van der Waals surface area (Å²) in [4.78, 5) is 19.5. The minimum absolute atomic E-state index is 0. The van der Waals surface area contributed by atoms with Gasteiger partial charge in [-0.25, -0.2) is 9.97 Å². The van der Waals surface area contributed by atoms with Crippen LogP contribution in [0.25, 0.3) is 0 Å². The van der Waals surface area contributed by atoms with Gasteiger partial charge < -0.3 is 15.5 Å². The number of hydrogen-bond donors (Lipinski definition) is 2. The van der Waals surface area contributed by atoms with E-state index in [9.17, 15) is 0 Å². The Morgan fingerprint density at radius 2 is 1.81 bits per heavy atom. The number of thiophene rings is 1. The van der Waals surface area contributed by atoms with Crippen LogP contribution in [0.2, 0.25) is 0 Å².